The van der Waals surface area contributed by atoms with Gasteiger partial charge >= 0.3 is 5.82 Å². The molecule has 0 unspecified atom stereocenters. The molecule has 54 valence electrons. The largest absolute Gasteiger partial charge is 0.399 e. The first-order valence-electron chi connectivity index (χ1n) is 2.76. The summed E-state index contributed by atoms with van der Waals surface area (Å²) in [5, 5.41) is 12.6. The number of allylic oxidation sites excluding steroid dienone is 1. The van der Waals surface area contributed by atoms with Crippen LogP contribution in [0.3, 0.4) is 0 Å². The van der Waals surface area contributed by atoms with Crippen molar-refractivity contribution in [3.8, 4) is 0 Å². The zero-order valence-electron chi connectivity index (χ0n) is 5.20. The average molecular weight is 141 g/mol. The fourth-order valence-corrected chi connectivity index (χ4v) is 0.659. The van der Waals surface area contributed by atoms with Crippen LogP contribution in [0.15, 0.2) is 23.7 Å². The molecular weight excluding hydrogens is 134 g/mol. The van der Waals surface area contributed by atoms with Gasteiger partial charge in [0.05, 0.1) is 6.08 Å². The van der Waals surface area contributed by atoms with Crippen molar-refractivity contribution in [3.63, 3.8) is 0 Å². The second-order valence-corrected chi connectivity index (χ2v) is 1.87. The van der Waals surface area contributed by atoms with E-state index in [4.69, 9.17) is 5.73 Å². The molecule has 1 heterocycles. The number of nitrogens with zero attached hydrogens (tertiary/aromatic N) is 1. The van der Waals surface area contributed by atoms with Crippen molar-refractivity contribution in [1.82, 2.24) is 5.32 Å². The van der Waals surface area contributed by atoms with Crippen LogP contribution in [0, 0.1) is 10.1 Å². The van der Waals surface area contributed by atoms with Crippen LogP contribution in [0.4, 0.5) is 0 Å². The van der Waals surface area contributed by atoms with Crippen LogP contribution < -0.4 is 11.1 Å². The summed E-state index contributed by atoms with van der Waals surface area (Å²) in [5.41, 5.74) is 5.74. The average Bonchev–Trinajstić information content (AvgIpc) is 1.88. The summed E-state index contributed by atoms with van der Waals surface area (Å²) in [6, 6.07) is 0. The summed E-state index contributed by atoms with van der Waals surface area (Å²) in [7, 11) is 0. The van der Waals surface area contributed by atoms with E-state index in [-0.39, 0.29) is 5.82 Å². The minimum atomic E-state index is -0.500. The SMILES string of the molecule is NC1=CCNC([N+](=O)[O-])=C1. The Hall–Kier alpha value is -1.52. The molecule has 0 atom stereocenters. The van der Waals surface area contributed by atoms with E-state index < -0.39 is 4.92 Å². The lowest BCUT2D eigenvalue weighted by Crippen LogP contribution is -2.24. The van der Waals surface area contributed by atoms with Gasteiger partial charge in [-0.2, -0.15) is 0 Å². The van der Waals surface area contributed by atoms with Gasteiger partial charge in [-0.05, 0) is 11.0 Å². The zero-order valence-corrected chi connectivity index (χ0v) is 5.20. The van der Waals surface area contributed by atoms with E-state index in [0.717, 1.165) is 0 Å². The highest BCUT2D eigenvalue weighted by atomic mass is 16.6. The fourth-order valence-electron chi connectivity index (χ4n) is 0.659. The maximum Gasteiger partial charge on any atom is 0.318 e. The third-order valence-corrected chi connectivity index (χ3v) is 1.12. The Balaban J connectivity index is 2.78. The van der Waals surface area contributed by atoms with Gasteiger partial charge in [-0.25, -0.2) is 0 Å². The van der Waals surface area contributed by atoms with Gasteiger partial charge in [0.15, 0.2) is 0 Å². The molecule has 0 bridgehead atoms. The van der Waals surface area contributed by atoms with E-state index in [0.29, 0.717) is 12.2 Å². The first-order chi connectivity index (χ1) is 4.70. The third-order valence-electron chi connectivity index (χ3n) is 1.12. The van der Waals surface area contributed by atoms with Gasteiger partial charge in [0.1, 0.15) is 6.54 Å². The summed E-state index contributed by atoms with van der Waals surface area (Å²) in [4.78, 5) is 9.59. The predicted molar refractivity (Wildman–Crippen MR) is 35.4 cm³/mol. The highest BCUT2D eigenvalue weighted by Gasteiger charge is 2.10. The highest BCUT2D eigenvalue weighted by Crippen LogP contribution is 1.99. The second-order valence-electron chi connectivity index (χ2n) is 1.87. The molecule has 3 N–H and O–H groups in total. The maximum absolute atomic E-state index is 10.1. The first kappa shape index (κ1) is 6.60. The monoisotopic (exact) mass is 141 g/mol. The Bertz CT molecular complexity index is 219. The van der Waals surface area contributed by atoms with E-state index >= 15 is 0 Å². The summed E-state index contributed by atoms with van der Waals surface area (Å²) in [5.74, 6) is -0.0417. The summed E-state index contributed by atoms with van der Waals surface area (Å²) >= 11 is 0. The smallest absolute Gasteiger partial charge is 0.318 e. The van der Waals surface area contributed by atoms with E-state index in [1.807, 2.05) is 0 Å². The van der Waals surface area contributed by atoms with Crippen molar-refractivity contribution in [2.45, 2.75) is 0 Å². The molecule has 1 aliphatic rings. The van der Waals surface area contributed by atoms with Gasteiger partial charge in [-0.1, -0.05) is 0 Å². The summed E-state index contributed by atoms with van der Waals surface area (Å²) < 4.78 is 0. The number of hydrogen-bond donors (Lipinski definition) is 2. The molecule has 0 radical (unpaired) electrons. The van der Waals surface area contributed by atoms with Crippen molar-refractivity contribution in [3.05, 3.63) is 33.8 Å². The molecule has 0 amide bonds. The Kier molecular flexibility index (Phi) is 1.57. The van der Waals surface area contributed by atoms with Crippen LogP contribution in [-0.4, -0.2) is 11.5 Å². The maximum atomic E-state index is 10.1. The number of hydrogen-bond acceptors (Lipinski definition) is 4. The Morgan fingerprint density at radius 1 is 1.80 bits per heavy atom. The minimum absolute atomic E-state index is 0.0417. The van der Waals surface area contributed by atoms with Gasteiger partial charge in [0.25, 0.3) is 0 Å². The van der Waals surface area contributed by atoms with Crippen molar-refractivity contribution in [2.24, 2.45) is 5.73 Å². The Morgan fingerprint density at radius 2 is 2.50 bits per heavy atom. The molecular formula is C5H7N3O2. The van der Waals surface area contributed by atoms with E-state index in [9.17, 15) is 10.1 Å². The molecule has 0 fully saturated rings. The molecule has 5 heteroatoms. The molecule has 1 aliphatic heterocycles. The van der Waals surface area contributed by atoms with Crippen molar-refractivity contribution < 1.29 is 4.92 Å². The molecule has 0 aromatic rings. The van der Waals surface area contributed by atoms with Crippen molar-refractivity contribution in [1.29, 1.82) is 0 Å². The third kappa shape index (κ3) is 1.25. The summed E-state index contributed by atoms with van der Waals surface area (Å²) in [6.07, 6.45) is 2.97. The van der Waals surface area contributed by atoms with Crippen LogP contribution in [0.5, 0.6) is 0 Å². The number of rotatable bonds is 1. The van der Waals surface area contributed by atoms with Crippen LogP contribution in [-0.2, 0) is 0 Å². The van der Waals surface area contributed by atoms with Gasteiger partial charge in [-0.15, -0.1) is 0 Å². The molecule has 10 heavy (non-hydrogen) atoms. The van der Waals surface area contributed by atoms with Crippen LogP contribution >= 0.6 is 0 Å². The van der Waals surface area contributed by atoms with Gasteiger partial charge in [-0.3, -0.25) is 5.32 Å². The molecule has 0 aliphatic carbocycles. The molecule has 1 rings (SSSR count). The number of nitro groups is 1. The second kappa shape index (κ2) is 2.38. The Labute approximate surface area is 57.4 Å². The zero-order chi connectivity index (χ0) is 7.56. The topological polar surface area (TPSA) is 81.2 Å². The molecule has 0 aromatic heterocycles. The summed E-state index contributed by atoms with van der Waals surface area (Å²) in [6.45, 7) is 0.429. The van der Waals surface area contributed by atoms with E-state index in [1.54, 1.807) is 6.08 Å². The number of nitrogens with one attached hydrogen (secondary N) is 1. The molecule has 0 aromatic carbocycles. The van der Waals surface area contributed by atoms with Crippen molar-refractivity contribution >= 4 is 0 Å². The molecule has 5 nitrogen and oxygen atoms in total. The van der Waals surface area contributed by atoms with Gasteiger partial charge in [0, 0.05) is 5.70 Å². The first-order valence-corrected chi connectivity index (χ1v) is 2.76. The van der Waals surface area contributed by atoms with Crippen molar-refractivity contribution in [2.75, 3.05) is 6.54 Å². The van der Waals surface area contributed by atoms with E-state index in [2.05, 4.69) is 5.32 Å². The fraction of sp³-hybridized carbons (Fsp3) is 0.200. The number of nitrogens with two attached hydrogens (primary N) is 1. The lowest BCUT2D eigenvalue weighted by Gasteiger charge is -2.05. The highest BCUT2D eigenvalue weighted by molar-refractivity contribution is 5.21. The van der Waals surface area contributed by atoms with Crippen LogP contribution in [0.25, 0.3) is 0 Å². The quantitative estimate of drug-likeness (QED) is 0.383. The van der Waals surface area contributed by atoms with Gasteiger partial charge < -0.3 is 15.8 Å². The Morgan fingerprint density at radius 3 is 2.90 bits per heavy atom. The lowest BCUT2D eigenvalue weighted by molar-refractivity contribution is -0.431. The predicted octanol–water partition coefficient (Wildman–Crippen LogP) is -0.450. The van der Waals surface area contributed by atoms with Crippen LogP contribution in [0.1, 0.15) is 0 Å². The lowest BCUT2D eigenvalue weighted by atomic mass is 10.3. The normalized spacial score (nSPS) is 16.8. The molecule has 0 spiro atoms. The molecule has 0 saturated heterocycles. The van der Waals surface area contributed by atoms with Gasteiger partial charge in [0.2, 0.25) is 0 Å². The number of dihydropyridines is 1. The van der Waals surface area contributed by atoms with Crippen LogP contribution in [0.2, 0.25) is 0 Å². The molecule has 0 saturated carbocycles. The standard InChI is InChI=1S/C5H7N3O2/c6-4-1-2-7-5(3-4)8(9)10/h1,3,7H,2,6H2. The van der Waals surface area contributed by atoms with E-state index in [1.165, 1.54) is 6.08 Å². The minimum Gasteiger partial charge on any atom is -0.399 e.